The second-order valence-corrected chi connectivity index (χ2v) is 12.1. The van der Waals surface area contributed by atoms with E-state index in [-0.39, 0.29) is 81.8 Å². The Morgan fingerprint density at radius 1 is 0.868 bits per heavy atom. The van der Waals surface area contributed by atoms with Crippen LogP contribution in [0.1, 0.15) is 23.6 Å². The van der Waals surface area contributed by atoms with Gasteiger partial charge in [-0.3, -0.25) is 4.55 Å². The van der Waals surface area contributed by atoms with E-state index in [0.29, 0.717) is 0 Å². The molecule has 0 fully saturated rings. The van der Waals surface area contributed by atoms with Gasteiger partial charge in [0, 0.05) is 0 Å². The molecule has 2 rings (SSSR count). The second kappa shape index (κ2) is 14.5. The van der Waals surface area contributed by atoms with Crippen LogP contribution in [0.3, 0.4) is 0 Å². The molecule has 0 saturated carbocycles. The SMILES string of the molecule is CCOS(=O)(=O)Oc1ccsc1C(C(=O)[O-])(c1sccc1OS(=O)(=O)OCC)C(C(=O)[O-])S(=O)(=O)O.[Na+].[Na+]. The van der Waals surface area contributed by atoms with Crippen molar-refractivity contribution in [2.24, 2.45) is 0 Å². The van der Waals surface area contributed by atoms with E-state index in [2.05, 4.69) is 16.7 Å². The molecule has 2 heterocycles. The van der Waals surface area contributed by atoms with E-state index in [1.54, 1.807) is 0 Å². The molecule has 2 aromatic rings. The molecule has 22 heteroatoms. The zero-order valence-electron chi connectivity index (χ0n) is 20.0. The Bertz CT molecular complexity index is 1370. The summed E-state index contributed by atoms with van der Waals surface area (Å²) in [5.74, 6) is -7.06. The summed E-state index contributed by atoms with van der Waals surface area (Å²) in [6.07, 6.45) is 0. The second-order valence-electron chi connectivity index (χ2n) is 6.33. The molecule has 202 valence electrons. The summed E-state index contributed by atoms with van der Waals surface area (Å²) in [5, 5.41) is 23.2. The van der Waals surface area contributed by atoms with Crippen LogP contribution in [0, 0.1) is 0 Å². The average molecular weight is 655 g/mol. The van der Waals surface area contributed by atoms with Crippen molar-refractivity contribution in [2.45, 2.75) is 24.5 Å². The molecule has 0 aliphatic heterocycles. The molecular weight excluding hydrogens is 638 g/mol. The van der Waals surface area contributed by atoms with Crippen molar-refractivity contribution in [1.82, 2.24) is 0 Å². The fourth-order valence-corrected chi connectivity index (χ4v) is 7.83. The summed E-state index contributed by atoms with van der Waals surface area (Å²) in [6, 6.07) is 1.66. The molecule has 0 aromatic carbocycles. The molecule has 0 radical (unpaired) electrons. The van der Waals surface area contributed by atoms with Crippen molar-refractivity contribution in [2.75, 3.05) is 13.2 Å². The minimum absolute atomic E-state index is 0. The van der Waals surface area contributed by atoms with E-state index in [9.17, 15) is 49.6 Å². The average Bonchev–Trinajstić information content (AvgIpc) is 3.33. The van der Waals surface area contributed by atoms with Crippen LogP contribution in [0.2, 0.25) is 0 Å². The third-order valence-corrected chi connectivity index (χ3v) is 9.13. The van der Waals surface area contributed by atoms with Crippen molar-refractivity contribution in [1.29, 1.82) is 0 Å². The van der Waals surface area contributed by atoms with Crippen molar-refractivity contribution in [3.05, 3.63) is 32.6 Å². The molecule has 0 saturated heterocycles. The summed E-state index contributed by atoms with van der Waals surface area (Å²) in [6.45, 7) is 1.66. The van der Waals surface area contributed by atoms with Gasteiger partial charge in [-0.25, -0.2) is 8.37 Å². The largest absolute Gasteiger partial charge is 1.00 e. The Kier molecular flexibility index (Phi) is 14.4. The van der Waals surface area contributed by atoms with Crippen molar-refractivity contribution in [3.63, 3.8) is 0 Å². The predicted octanol–water partition coefficient (Wildman–Crippen LogP) is -7.82. The summed E-state index contributed by atoms with van der Waals surface area (Å²) in [5.41, 5.74) is -3.57. The molecule has 0 aliphatic carbocycles. The number of thiophene rings is 2. The first kappa shape index (κ1) is 37.7. The van der Waals surface area contributed by atoms with Crippen molar-refractivity contribution < 1.29 is 125 Å². The van der Waals surface area contributed by atoms with E-state index in [1.165, 1.54) is 13.8 Å². The first-order valence-electron chi connectivity index (χ1n) is 9.25. The van der Waals surface area contributed by atoms with E-state index >= 15 is 0 Å². The molecule has 0 amide bonds. The standard InChI is InChI=1S/C16H18O15S5.2Na/c1-3-28-35(24,25)30-9-5-7-32-11(9)16(15(19)20,13(14(17)18)34(21,22)23)12-10(6-8-33-12)31-36(26,27)29-4-2;;/h5-8,13H,3-4H2,1-2H3,(H,17,18)(H,19,20)(H,21,22,23);;/q;2*+1/p-2. The van der Waals surface area contributed by atoms with Gasteiger partial charge in [0.1, 0.15) is 10.7 Å². The molecule has 0 spiro atoms. The summed E-state index contributed by atoms with van der Waals surface area (Å²) in [7, 11) is -15.7. The van der Waals surface area contributed by atoms with Crippen molar-refractivity contribution >= 4 is 65.5 Å². The monoisotopic (exact) mass is 654 g/mol. The molecule has 0 bridgehead atoms. The maximum atomic E-state index is 12.7. The van der Waals surface area contributed by atoms with Gasteiger partial charge < -0.3 is 28.2 Å². The third-order valence-electron chi connectivity index (χ3n) is 4.11. The molecule has 38 heavy (non-hydrogen) atoms. The number of carbonyl (C=O) groups excluding carboxylic acids is 2. The van der Waals surface area contributed by atoms with Gasteiger partial charge in [-0.2, -0.15) is 25.3 Å². The smallest absolute Gasteiger partial charge is 0.549 e. The van der Waals surface area contributed by atoms with Gasteiger partial charge in [-0.1, -0.05) is 0 Å². The summed E-state index contributed by atoms with van der Waals surface area (Å²) >= 11 is 0.557. The topological polar surface area (TPSA) is 240 Å². The molecule has 1 N–H and O–H groups in total. The van der Waals surface area contributed by atoms with Crippen LogP contribution in [0.25, 0.3) is 0 Å². The Hall–Kier alpha value is -0.330. The number of hydrogen-bond donors (Lipinski definition) is 1. The molecule has 1 atom stereocenters. The minimum atomic E-state index is -5.90. The maximum Gasteiger partial charge on any atom is 1.00 e. The van der Waals surface area contributed by atoms with Gasteiger partial charge in [0.25, 0.3) is 10.1 Å². The third kappa shape index (κ3) is 8.35. The first-order chi connectivity index (χ1) is 16.5. The Morgan fingerprint density at radius 2 is 1.24 bits per heavy atom. The van der Waals surface area contributed by atoms with Gasteiger partial charge in [-0.05, 0) is 36.7 Å². The van der Waals surface area contributed by atoms with E-state index in [0.717, 1.165) is 22.9 Å². The molecular formula is C16H16Na2O15S5. The van der Waals surface area contributed by atoms with Gasteiger partial charge in [-0.15, -0.1) is 22.7 Å². The number of rotatable bonds is 14. The van der Waals surface area contributed by atoms with Gasteiger partial charge in [0.05, 0.1) is 34.9 Å². The number of carbonyl (C=O) groups is 2. The molecule has 2 aromatic heterocycles. The van der Waals surface area contributed by atoms with Crippen LogP contribution in [0.5, 0.6) is 11.5 Å². The van der Waals surface area contributed by atoms with Gasteiger partial charge in [0.15, 0.2) is 11.5 Å². The van der Waals surface area contributed by atoms with Crippen LogP contribution in [-0.4, -0.2) is 60.2 Å². The normalized spacial score (nSPS) is 13.0. The first-order valence-corrected chi connectivity index (χ1v) is 15.2. The van der Waals surface area contributed by atoms with Crippen LogP contribution in [-0.2, 0) is 54.3 Å². The molecule has 15 nitrogen and oxygen atoms in total. The molecule has 0 aliphatic rings. The van der Waals surface area contributed by atoms with E-state index < -0.39 is 88.0 Å². The van der Waals surface area contributed by atoms with Gasteiger partial charge >= 0.3 is 79.9 Å². The fraction of sp³-hybridized carbons (Fsp3) is 0.375. The summed E-state index contributed by atoms with van der Waals surface area (Å²) in [4.78, 5) is 22.7. The van der Waals surface area contributed by atoms with E-state index in [1.807, 2.05) is 0 Å². The van der Waals surface area contributed by atoms with E-state index in [4.69, 9.17) is 0 Å². The Labute approximate surface area is 270 Å². The van der Waals surface area contributed by atoms with Crippen LogP contribution >= 0.6 is 22.7 Å². The Morgan fingerprint density at radius 3 is 1.50 bits per heavy atom. The number of carboxylic acids is 2. The quantitative estimate of drug-likeness (QED) is 0.147. The zero-order valence-corrected chi connectivity index (χ0v) is 28.1. The predicted molar refractivity (Wildman–Crippen MR) is 117 cm³/mol. The summed E-state index contributed by atoms with van der Waals surface area (Å²) < 4.78 is 100. The van der Waals surface area contributed by atoms with Crippen LogP contribution in [0.4, 0.5) is 0 Å². The number of hydrogen-bond acceptors (Lipinski definition) is 16. The maximum absolute atomic E-state index is 12.7. The van der Waals surface area contributed by atoms with Gasteiger partial charge in [0.2, 0.25) is 0 Å². The van der Waals surface area contributed by atoms with Crippen LogP contribution in [0.15, 0.2) is 22.9 Å². The minimum Gasteiger partial charge on any atom is -0.549 e. The fourth-order valence-electron chi connectivity index (χ4n) is 3.01. The Balaban J connectivity index is 0.00000684. The zero-order chi connectivity index (χ0) is 27.5. The van der Waals surface area contributed by atoms with Crippen molar-refractivity contribution in [3.8, 4) is 11.5 Å². The number of carboxylic acid groups (broad SMARTS) is 2. The number of aliphatic carboxylic acids is 2. The molecule has 1 unspecified atom stereocenters. The van der Waals surface area contributed by atoms with Crippen LogP contribution < -0.4 is 77.7 Å².